The zero-order valence-electron chi connectivity index (χ0n) is 10.6. The standard InChI is InChI=1S/C13H21NO2/c1-8(15)14-7-13(11(14)12(2,3)4)5-9-10(6-13)16-9/h9-11H,5-7H2,1-4H3/t9-,10+,11?,13?. The maximum Gasteiger partial charge on any atom is 0.219 e. The molecule has 3 nitrogen and oxygen atoms in total. The number of carbonyl (C=O) groups is 1. The van der Waals surface area contributed by atoms with Crippen LogP contribution in [0.3, 0.4) is 0 Å². The van der Waals surface area contributed by atoms with Crippen LogP contribution in [0.5, 0.6) is 0 Å². The molecule has 0 bridgehead atoms. The maximum atomic E-state index is 11.6. The van der Waals surface area contributed by atoms with E-state index >= 15 is 0 Å². The fourth-order valence-electron chi connectivity index (χ4n) is 4.19. The van der Waals surface area contributed by atoms with Gasteiger partial charge in [-0.05, 0) is 18.3 Å². The van der Waals surface area contributed by atoms with Crippen molar-refractivity contribution in [1.29, 1.82) is 0 Å². The summed E-state index contributed by atoms with van der Waals surface area (Å²) in [4.78, 5) is 13.7. The minimum Gasteiger partial charge on any atom is -0.370 e. The number of hydrogen-bond acceptors (Lipinski definition) is 2. The van der Waals surface area contributed by atoms with Gasteiger partial charge >= 0.3 is 0 Å². The molecule has 16 heavy (non-hydrogen) atoms. The van der Waals surface area contributed by atoms with Crippen LogP contribution in [-0.4, -0.2) is 35.6 Å². The predicted molar refractivity (Wildman–Crippen MR) is 61.0 cm³/mol. The molecule has 90 valence electrons. The van der Waals surface area contributed by atoms with Gasteiger partial charge in [-0.2, -0.15) is 0 Å². The minimum absolute atomic E-state index is 0.181. The average molecular weight is 223 g/mol. The lowest BCUT2D eigenvalue weighted by Crippen LogP contribution is -2.69. The van der Waals surface area contributed by atoms with Crippen LogP contribution in [0.2, 0.25) is 0 Å². The van der Waals surface area contributed by atoms with Crippen LogP contribution in [0.4, 0.5) is 0 Å². The highest BCUT2D eigenvalue weighted by molar-refractivity contribution is 5.75. The number of amides is 1. The van der Waals surface area contributed by atoms with Crippen molar-refractivity contribution in [3.63, 3.8) is 0 Å². The highest BCUT2D eigenvalue weighted by Gasteiger charge is 2.67. The SMILES string of the molecule is CC(=O)N1CC2(C[C@@H]3O[C@@H]3C2)C1C(C)(C)C. The summed E-state index contributed by atoms with van der Waals surface area (Å²) in [6.07, 6.45) is 3.37. The van der Waals surface area contributed by atoms with Gasteiger partial charge in [-0.15, -0.1) is 0 Å². The van der Waals surface area contributed by atoms with E-state index in [4.69, 9.17) is 4.74 Å². The molecule has 3 aliphatic rings. The molecular formula is C13H21NO2. The third-order valence-electron chi connectivity index (χ3n) is 4.50. The molecule has 0 aromatic heterocycles. The summed E-state index contributed by atoms with van der Waals surface area (Å²) < 4.78 is 5.54. The molecule has 4 atom stereocenters. The van der Waals surface area contributed by atoms with Crippen LogP contribution in [-0.2, 0) is 9.53 Å². The molecule has 1 saturated carbocycles. The van der Waals surface area contributed by atoms with Gasteiger partial charge < -0.3 is 9.64 Å². The zero-order chi connectivity index (χ0) is 11.7. The minimum atomic E-state index is 0.181. The first-order valence-corrected chi connectivity index (χ1v) is 6.26. The molecule has 2 heterocycles. The van der Waals surface area contributed by atoms with Crippen LogP contribution in [0, 0.1) is 10.8 Å². The van der Waals surface area contributed by atoms with Crippen molar-refractivity contribution in [3.8, 4) is 0 Å². The Morgan fingerprint density at radius 2 is 1.88 bits per heavy atom. The molecule has 1 amide bonds. The number of hydrogen-bond donors (Lipinski definition) is 0. The van der Waals surface area contributed by atoms with E-state index in [0.29, 0.717) is 23.7 Å². The van der Waals surface area contributed by atoms with Gasteiger partial charge in [-0.3, -0.25) is 4.79 Å². The van der Waals surface area contributed by atoms with E-state index in [-0.39, 0.29) is 11.3 Å². The summed E-state index contributed by atoms with van der Waals surface area (Å²) in [5.41, 5.74) is 0.554. The monoisotopic (exact) mass is 223 g/mol. The van der Waals surface area contributed by atoms with Gasteiger partial charge in [-0.25, -0.2) is 0 Å². The van der Waals surface area contributed by atoms with E-state index in [1.165, 1.54) is 12.8 Å². The summed E-state index contributed by atoms with van der Waals surface area (Å²) in [5, 5.41) is 0. The first-order chi connectivity index (χ1) is 7.33. The van der Waals surface area contributed by atoms with Gasteiger partial charge in [0.2, 0.25) is 5.91 Å². The summed E-state index contributed by atoms with van der Waals surface area (Å²) in [6.45, 7) is 9.40. The van der Waals surface area contributed by atoms with E-state index in [1.54, 1.807) is 6.92 Å². The van der Waals surface area contributed by atoms with E-state index in [2.05, 4.69) is 25.7 Å². The molecule has 3 fully saturated rings. The molecule has 0 aromatic rings. The van der Waals surface area contributed by atoms with Crippen LogP contribution in [0.15, 0.2) is 0 Å². The second-order valence-corrected chi connectivity index (χ2v) is 6.90. The Labute approximate surface area is 97.1 Å². The second-order valence-electron chi connectivity index (χ2n) is 6.90. The van der Waals surface area contributed by atoms with Gasteiger partial charge in [0.1, 0.15) is 0 Å². The van der Waals surface area contributed by atoms with Crippen molar-refractivity contribution >= 4 is 5.91 Å². The lowest BCUT2D eigenvalue weighted by molar-refractivity contribution is -0.170. The zero-order valence-corrected chi connectivity index (χ0v) is 10.6. The Morgan fingerprint density at radius 3 is 2.31 bits per heavy atom. The topological polar surface area (TPSA) is 32.8 Å². The summed E-state index contributed by atoms with van der Waals surface area (Å²) in [7, 11) is 0. The fourth-order valence-corrected chi connectivity index (χ4v) is 4.19. The van der Waals surface area contributed by atoms with Crippen molar-refractivity contribution in [2.24, 2.45) is 10.8 Å². The predicted octanol–water partition coefficient (Wildman–Crippen LogP) is 1.81. The molecule has 3 heteroatoms. The number of epoxide rings is 1. The number of ether oxygens (including phenoxy) is 1. The Kier molecular flexibility index (Phi) is 1.86. The first-order valence-electron chi connectivity index (χ1n) is 6.26. The Morgan fingerprint density at radius 1 is 1.31 bits per heavy atom. The lowest BCUT2D eigenvalue weighted by atomic mass is 9.60. The highest BCUT2D eigenvalue weighted by atomic mass is 16.6. The van der Waals surface area contributed by atoms with E-state index in [0.717, 1.165) is 6.54 Å². The molecule has 2 saturated heterocycles. The number of rotatable bonds is 0. The third kappa shape index (κ3) is 1.27. The lowest BCUT2D eigenvalue weighted by Gasteiger charge is -2.61. The molecule has 0 radical (unpaired) electrons. The first kappa shape index (κ1) is 10.6. The molecule has 2 aliphatic heterocycles. The largest absolute Gasteiger partial charge is 0.370 e. The molecule has 1 aliphatic carbocycles. The second kappa shape index (κ2) is 2.81. The Bertz CT molecular complexity index is 334. The number of fused-ring (bicyclic) bond motifs is 1. The molecule has 2 unspecified atom stereocenters. The van der Waals surface area contributed by atoms with Crippen molar-refractivity contribution < 1.29 is 9.53 Å². The molecule has 0 aromatic carbocycles. The molecule has 3 rings (SSSR count). The van der Waals surface area contributed by atoms with Crippen LogP contribution in [0.1, 0.15) is 40.5 Å². The summed E-state index contributed by atoms with van der Waals surface area (Å²) in [5.74, 6) is 0.229. The van der Waals surface area contributed by atoms with Crippen molar-refractivity contribution in [3.05, 3.63) is 0 Å². The molecule has 0 N–H and O–H groups in total. The van der Waals surface area contributed by atoms with E-state index in [1.807, 2.05) is 0 Å². The Hall–Kier alpha value is -0.570. The van der Waals surface area contributed by atoms with E-state index in [9.17, 15) is 4.79 Å². The van der Waals surface area contributed by atoms with Crippen LogP contribution < -0.4 is 0 Å². The third-order valence-corrected chi connectivity index (χ3v) is 4.50. The van der Waals surface area contributed by atoms with Gasteiger partial charge in [0, 0.05) is 24.9 Å². The number of nitrogens with zero attached hydrogens (tertiary/aromatic N) is 1. The number of carbonyl (C=O) groups excluding carboxylic acids is 1. The quantitative estimate of drug-likeness (QED) is 0.587. The summed E-state index contributed by atoms with van der Waals surface area (Å²) in [6, 6.07) is 0.411. The normalized spacial score (nSPS) is 45.5. The van der Waals surface area contributed by atoms with Gasteiger partial charge in [-0.1, -0.05) is 20.8 Å². The maximum absolute atomic E-state index is 11.6. The fraction of sp³-hybridized carbons (Fsp3) is 0.923. The molecular weight excluding hydrogens is 202 g/mol. The van der Waals surface area contributed by atoms with Gasteiger partial charge in [0.05, 0.1) is 12.2 Å². The van der Waals surface area contributed by atoms with Crippen molar-refractivity contribution in [2.45, 2.75) is 58.8 Å². The van der Waals surface area contributed by atoms with Crippen molar-refractivity contribution in [2.75, 3.05) is 6.54 Å². The molecule has 1 spiro atoms. The average Bonchev–Trinajstić information content (AvgIpc) is 2.67. The van der Waals surface area contributed by atoms with Gasteiger partial charge in [0.15, 0.2) is 0 Å². The summed E-state index contributed by atoms with van der Waals surface area (Å²) >= 11 is 0. The van der Waals surface area contributed by atoms with Crippen LogP contribution >= 0.6 is 0 Å². The number of likely N-dealkylation sites (tertiary alicyclic amines) is 1. The van der Waals surface area contributed by atoms with E-state index < -0.39 is 0 Å². The van der Waals surface area contributed by atoms with Crippen LogP contribution in [0.25, 0.3) is 0 Å². The smallest absolute Gasteiger partial charge is 0.219 e. The van der Waals surface area contributed by atoms with Gasteiger partial charge in [0.25, 0.3) is 0 Å². The highest BCUT2D eigenvalue weighted by Crippen LogP contribution is 2.61. The van der Waals surface area contributed by atoms with Crippen molar-refractivity contribution in [1.82, 2.24) is 4.90 Å². The Balaban J connectivity index is 1.84.